The lowest BCUT2D eigenvalue weighted by molar-refractivity contribution is -0.572. The maximum absolute atomic E-state index is 3.82. The number of hydrogen-bond acceptors (Lipinski definition) is 1. The summed E-state index contributed by atoms with van der Waals surface area (Å²) in [7, 11) is 2.22. The maximum Gasteiger partial charge on any atom is 0.269 e. The van der Waals surface area contributed by atoms with Crippen molar-refractivity contribution in [1.29, 1.82) is 0 Å². The molecule has 1 aliphatic heterocycles. The van der Waals surface area contributed by atoms with Crippen LogP contribution in [-0.2, 0) is 10.8 Å². The standard InChI is InChI=1S/C34H41N3/c1-21(2)23-15-24(22(3)4)17-25(16-23)36-20-37-31-19-27-26(33(5,6)13-14-34(27,7)8)18-30(31)35(9)28-11-10-12-29(36)32(28)37/h10-12,15-19,21-22H,13-14H2,1-9H3. The fraction of sp³-hybridized carbons (Fsp3) is 0.441. The Morgan fingerprint density at radius 1 is 0.784 bits per heavy atom. The fourth-order valence-electron chi connectivity index (χ4n) is 6.40. The second kappa shape index (κ2) is 7.96. The number of anilines is 2. The predicted octanol–water partition coefficient (Wildman–Crippen LogP) is 8.38. The van der Waals surface area contributed by atoms with Crippen LogP contribution in [0.25, 0.3) is 22.4 Å². The summed E-state index contributed by atoms with van der Waals surface area (Å²) in [6.07, 6.45) is 6.25. The summed E-state index contributed by atoms with van der Waals surface area (Å²) >= 11 is 0. The molecule has 0 bridgehead atoms. The Hall–Kier alpha value is -3.07. The molecule has 0 saturated heterocycles. The van der Waals surface area contributed by atoms with Gasteiger partial charge in [0.2, 0.25) is 0 Å². The molecule has 0 N–H and O–H groups in total. The molecule has 4 aromatic rings. The van der Waals surface area contributed by atoms with Gasteiger partial charge in [-0.2, -0.15) is 0 Å². The smallest absolute Gasteiger partial charge is 0.269 e. The molecule has 1 aliphatic carbocycles. The van der Waals surface area contributed by atoms with Crippen molar-refractivity contribution in [3.8, 4) is 11.4 Å². The van der Waals surface area contributed by atoms with Gasteiger partial charge in [0.15, 0.2) is 0 Å². The van der Waals surface area contributed by atoms with Crippen molar-refractivity contribution in [3.05, 3.63) is 77.1 Å². The number of aromatic nitrogens is 2. The van der Waals surface area contributed by atoms with Gasteiger partial charge in [0.1, 0.15) is 5.52 Å². The highest BCUT2D eigenvalue weighted by molar-refractivity contribution is 5.93. The Balaban J connectivity index is 1.65. The minimum atomic E-state index is 0.162. The average molecular weight is 492 g/mol. The molecule has 3 aromatic carbocycles. The van der Waals surface area contributed by atoms with Crippen molar-refractivity contribution in [2.45, 2.75) is 90.9 Å². The Labute approximate surface area is 222 Å². The molecule has 3 heteroatoms. The summed E-state index contributed by atoms with van der Waals surface area (Å²) in [6, 6.07) is 18.7. The van der Waals surface area contributed by atoms with Crippen LogP contribution in [0.1, 0.15) is 102 Å². The second-order valence-corrected chi connectivity index (χ2v) is 13.3. The number of nitrogens with zero attached hydrogens (tertiary/aromatic N) is 3. The SMILES string of the molecule is CC(C)c1cc(C(C)C)cc(-n2[c-][n+]3c4c(cccc42)N(C)c2cc4c(cc2-3)C(C)(C)CCC4(C)C)c1. The third-order valence-electron chi connectivity index (χ3n) is 9.12. The molecule has 0 saturated carbocycles. The van der Waals surface area contributed by atoms with Gasteiger partial charge in [-0.15, -0.1) is 0 Å². The highest BCUT2D eigenvalue weighted by Crippen LogP contribution is 2.49. The molecule has 0 radical (unpaired) electrons. The molecule has 6 rings (SSSR count). The Bertz CT molecular complexity index is 1520. The molecule has 2 heterocycles. The summed E-state index contributed by atoms with van der Waals surface area (Å²) in [4.78, 5) is 2.39. The first-order chi connectivity index (χ1) is 17.4. The first-order valence-electron chi connectivity index (χ1n) is 14.0. The van der Waals surface area contributed by atoms with Gasteiger partial charge in [-0.05, 0) is 88.1 Å². The molecular formula is C34H41N3. The van der Waals surface area contributed by atoms with Gasteiger partial charge in [0.25, 0.3) is 6.33 Å². The van der Waals surface area contributed by atoms with Gasteiger partial charge >= 0.3 is 0 Å². The lowest BCUT2D eigenvalue weighted by atomic mass is 9.63. The van der Waals surface area contributed by atoms with Crippen molar-refractivity contribution >= 4 is 22.4 Å². The van der Waals surface area contributed by atoms with Crippen molar-refractivity contribution in [1.82, 2.24) is 4.57 Å². The summed E-state index contributed by atoms with van der Waals surface area (Å²) in [5.41, 5.74) is 13.4. The third-order valence-corrected chi connectivity index (χ3v) is 9.12. The zero-order valence-electron chi connectivity index (χ0n) is 24.0. The summed E-state index contributed by atoms with van der Waals surface area (Å²) in [6.45, 7) is 18.8. The van der Waals surface area contributed by atoms with Crippen LogP contribution in [-0.4, -0.2) is 11.6 Å². The lowest BCUT2D eigenvalue weighted by Crippen LogP contribution is -2.40. The molecule has 0 spiro atoms. The molecule has 3 nitrogen and oxygen atoms in total. The molecular weight excluding hydrogens is 450 g/mol. The van der Waals surface area contributed by atoms with E-state index in [0.717, 1.165) is 0 Å². The third kappa shape index (κ3) is 3.57. The van der Waals surface area contributed by atoms with Gasteiger partial charge < -0.3 is 4.90 Å². The summed E-state index contributed by atoms with van der Waals surface area (Å²) in [5, 5.41) is 0. The molecule has 1 aromatic heterocycles. The highest BCUT2D eigenvalue weighted by Gasteiger charge is 2.39. The van der Waals surface area contributed by atoms with Gasteiger partial charge in [-0.25, -0.2) is 0 Å². The minimum absolute atomic E-state index is 0.162. The number of para-hydroxylation sites is 1. The second-order valence-electron chi connectivity index (χ2n) is 13.3. The van der Waals surface area contributed by atoms with Crippen LogP contribution in [0.15, 0.2) is 48.5 Å². The maximum atomic E-state index is 3.82. The van der Waals surface area contributed by atoms with Crippen molar-refractivity contribution in [3.63, 3.8) is 0 Å². The van der Waals surface area contributed by atoms with Gasteiger partial charge in [0, 0.05) is 12.7 Å². The average Bonchev–Trinajstić information content (AvgIpc) is 3.25. The summed E-state index contributed by atoms with van der Waals surface area (Å²) in [5.74, 6) is 0.947. The largest absolute Gasteiger partial charge is 0.351 e. The normalized spacial score (nSPS) is 17.4. The van der Waals surface area contributed by atoms with E-state index < -0.39 is 0 Å². The van der Waals surface area contributed by atoms with E-state index in [9.17, 15) is 0 Å². The Morgan fingerprint density at radius 2 is 1.38 bits per heavy atom. The van der Waals surface area contributed by atoms with E-state index in [1.54, 1.807) is 0 Å². The van der Waals surface area contributed by atoms with E-state index in [2.05, 4.69) is 131 Å². The molecule has 0 atom stereocenters. The topological polar surface area (TPSA) is 12.0 Å². The molecule has 0 unspecified atom stereocenters. The quantitative estimate of drug-likeness (QED) is 0.207. The van der Waals surface area contributed by atoms with Gasteiger partial charge in [-0.1, -0.05) is 73.6 Å². The first kappa shape index (κ1) is 24.3. The molecule has 37 heavy (non-hydrogen) atoms. The molecule has 192 valence electrons. The predicted molar refractivity (Wildman–Crippen MR) is 155 cm³/mol. The van der Waals surface area contributed by atoms with Crippen LogP contribution in [0.2, 0.25) is 0 Å². The van der Waals surface area contributed by atoms with Crippen LogP contribution in [0, 0.1) is 6.33 Å². The van der Waals surface area contributed by atoms with Crippen molar-refractivity contribution < 1.29 is 4.57 Å². The van der Waals surface area contributed by atoms with E-state index in [0.29, 0.717) is 11.8 Å². The Morgan fingerprint density at radius 3 is 1.97 bits per heavy atom. The van der Waals surface area contributed by atoms with Gasteiger partial charge in [0.05, 0.1) is 22.6 Å². The fourth-order valence-corrected chi connectivity index (χ4v) is 6.40. The number of rotatable bonds is 3. The van der Waals surface area contributed by atoms with E-state index in [4.69, 9.17) is 0 Å². The van der Waals surface area contributed by atoms with Crippen LogP contribution in [0.3, 0.4) is 0 Å². The molecule has 0 fully saturated rings. The number of imidazole rings is 1. The monoisotopic (exact) mass is 491 g/mol. The van der Waals surface area contributed by atoms with E-state index in [1.165, 1.54) is 68.9 Å². The molecule has 2 aliphatic rings. The van der Waals surface area contributed by atoms with Crippen LogP contribution < -0.4 is 9.47 Å². The first-order valence-corrected chi connectivity index (χ1v) is 14.0. The summed E-state index contributed by atoms with van der Waals surface area (Å²) < 4.78 is 4.61. The van der Waals surface area contributed by atoms with Gasteiger partial charge in [-0.3, -0.25) is 9.13 Å². The zero-order valence-corrected chi connectivity index (χ0v) is 24.0. The van der Waals surface area contributed by atoms with Crippen molar-refractivity contribution in [2.75, 3.05) is 11.9 Å². The lowest BCUT2D eigenvalue weighted by Gasteiger charge is -2.43. The van der Waals surface area contributed by atoms with Crippen LogP contribution in [0.4, 0.5) is 11.4 Å². The van der Waals surface area contributed by atoms with E-state index in [-0.39, 0.29) is 10.8 Å². The number of benzene rings is 3. The van der Waals surface area contributed by atoms with Crippen molar-refractivity contribution in [2.24, 2.45) is 0 Å². The minimum Gasteiger partial charge on any atom is -0.351 e. The molecule has 0 amide bonds. The van der Waals surface area contributed by atoms with Crippen LogP contribution >= 0.6 is 0 Å². The number of hydrogen-bond donors (Lipinski definition) is 0. The Kier molecular flexibility index (Phi) is 5.23. The van der Waals surface area contributed by atoms with Crippen LogP contribution in [0.5, 0.6) is 0 Å². The number of fused-ring (bicyclic) bond motifs is 3. The zero-order chi connectivity index (χ0) is 26.4. The highest BCUT2D eigenvalue weighted by atomic mass is 15.2. The van der Waals surface area contributed by atoms with E-state index >= 15 is 0 Å². The van der Waals surface area contributed by atoms with E-state index in [1.807, 2.05) is 0 Å².